The highest BCUT2D eigenvalue weighted by Crippen LogP contribution is 2.44. The highest BCUT2D eigenvalue weighted by molar-refractivity contribution is 5.88. The molecule has 22 heavy (non-hydrogen) atoms. The van der Waals surface area contributed by atoms with Crippen LogP contribution in [0.3, 0.4) is 0 Å². The van der Waals surface area contributed by atoms with Crippen molar-refractivity contribution in [1.82, 2.24) is 4.90 Å². The molecule has 1 saturated heterocycles. The number of amides is 1. The molecule has 1 aliphatic heterocycles. The summed E-state index contributed by atoms with van der Waals surface area (Å²) >= 11 is 0. The summed E-state index contributed by atoms with van der Waals surface area (Å²) in [7, 11) is 0.877. The summed E-state index contributed by atoms with van der Waals surface area (Å²) in [5.74, 6) is -1.18. The summed E-state index contributed by atoms with van der Waals surface area (Å²) in [5.41, 5.74) is -3.31. The minimum Gasteiger partial charge on any atom is -0.394 e. The lowest BCUT2D eigenvalue weighted by Gasteiger charge is -2.38. The number of hydrogen-bond donors (Lipinski definition) is 1. The topological polar surface area (TPSA) is 49.8 Å². The normalized spacial score (nSPS) is 21.7. The third-order valence-electron chi connectivity index (χ3n) is 4.04. The van der Waals surface area contributed by atoms with Gasteiger partial charge in [-0.3, -0.25) is 4.79 Å². The van der Waals surface area contributed by atoms with E-state index < -0.39 is 23.7 Å². The highest BCUT2D eigenvalue weighted by Gasteiger charge is 2.64. The van der Waals surface area contributed by atoms with Gasteiger partial charge in [0.1, 0.15) is 0 Å². The van der Waals surface area contributed by atoms with E-state index in [1.165, 1.54) is 24.3 Å². The molecule has 1 fully saturated rings. The van der Waals surface area contributed by atoms with E-state index in [1.807, 2.05) is 0 Å². The Labute approximate surface area is 126 Å². The molecule has 1 aromatic carbocycles. The molecule has 0 spiro atoms. The molecule has 122 valence electrons. The van der Waals surface area contributed by atoms with Gasteiger partial charge in [-0.2, -0.15) is 13.2 Å². The molecule has 1 heterocycles. The lowest BCUT2D eigenvalue weighted by molar-refractivity contribution is -0.270. The van der Waals surface area contributed by atoms with Gasteiger partial charge in [-0.05, 0) is 12.8 Å². The molecule has 2 rings (SSSR count). The van der Waals surface area contributed by atoms with Gasteiger partial charge in [-0.1, -0.05) is 30.3 Å². The first-order valence-electron chi connectivity index (χ1n) is 6.97. The Morgan fingerprint density at radius 1 is 1.36 bits per heavy atom. The van der Waals surface area contributed by atoms with Crippen molar-refractivity contribution in [3.8, 4) is 0 Å². The second-order valence-corrected chi connectivity index (χ2v) is 5.23. The number of nitrogens with zero attached hydrogens (tertiary/aromatic N) is 1. The van der Waals surface area contributed by atoms with Gasteiger partial charge in [-0.25, -0.2) is 0 Å². The average Bonchev–Trinajstić information content (AvgIpc) is 2.96. The number of hydrogen-bond acceptors (Lipinski definition) is 3. The first-order valence-corrected chi connectivity index (χ1v) is 6.97. The number of alkyl halides is 3. The Morgan fingerprint density at radius 3 is 2.50 bits per heavy atom. The van der Waals surface area contributed by atoms with E-state index in [-0.39, 0.29) is 18.7 Å². The fraction of sp³-hybridized carbons (Fsp3) is 0.533. The fourth-order valence-electron chi connectivity index (χ4n) is 2.90. The minimum absolute atomic E-state index is 0.179. The first kappa shape index (κ1) is 16.8. The van der Waals surface area contributed by atoms with Gasteiger partial charge in [0.2, 0.25) is 0 Å². The van der Waals surface area contributed by atoms with Crippen LogP contribution in [0, 0.1) is 0 Å². The lowest BCUT2D eigenvalue weighted by atomic mass is 9.90. The maximum absolute atomic E-state index is 13.8. The molecule has 2 atom stereocenters. The second-order valence-electron chi connectivity index (χ2n) is 5.23. The van der Waals surface area contributed by atoms with Crippen molar-refractivity contribution in [2.45, 2.75) is 30.7 Å². The van der Waals surface area contributed by atoms with Crippen LogP contribution in [0.2, 0.25) is 0 Å². The molecule has 0 bridgehead atoms. The molecule has 0 radical (unpaired) electrons. The molecule has 0 unspecified atom stereocenters. The quantitative estimate of drug-likeness (QED) is 0.925. The van der Waals surface area contributed by atoms with E-state index in [0.29, 0.717) is 12.8 Å². The zero-order valence-electron chi connectivity index (χ0n) is 12.1. The van der Waals surface area contributed by atoms with E-state index in [4.69, 9.17) is 4.74 Å². The summed E-state index contributed by atoms with van der Waals surface area (Å²) in [5, 5.41) is 9.28. The van der Waals surface area contributed by atoms with E-state index >= 15 is 0 Å². The Morgan fingerprint density at radius 2 is 2.00 bits per heavy atom. The van der Waals surface area contributed by atoms with E-state index in [1.54, 1.807) is 6.07 Å². The highest BCUT2D eigenvalue weighted by atomic mass is 19.4. The number of aliphatic hydroxyl groups excluding tert-OH is 1. The summed E-state index contributed by atoms with van der Waals surface area (Å²) < 4.78 is 46.0. The molecule has 4 nitrogen and oxygen atoms in total. The minimum atomic E-state index is -4.91. The van der Waals surface area contributed by atoms with E-state index in [2.05, 4.69) is 0 Å². The van der Waals surface area contributed by atoms with Crippen molar-refractivity contribution < 1.29 is 27.8 Å². The average molecular weight is 317 g/mol. The fourth-order valence-corrected chi connectivity index (χ4v) is 2.90. The van der Waals surface area contributed by atoms with Crippen molar-refractivity contribution in [2.24, 2.45) is 0 Å². The molecule has 7 heteroatoms. The Hall–Kier alpha value is -1.60. The largest absolute Gasteiger partial charge is 0.430 e. The number of carbonyl (C=O) groups is 1. The monoisotopic (exact) mass is 317 g/mol. The number of halogens is 3. The number of methoxy groups -OCH3 is 1. The maximum Gasteiger partial charge on any atom is 0.430 e. The van der Waals surface area contributed by atoms with Crippen molar-refractivity contribution in [2.75, 3.05) is 20.3 Å². The Bertz CT molecular complexity index is 521. The van der Waals surface area contributed by atoms with Gasteiger partial charge in [0.15, 0.2) is 0 Å². The molecule has 1 N–H and O–H groups in total. The molecule has 1 aliphatic rings. The zero-order chi connectivity index (χ0) is 16.4. The third-order valence-corrected chi connectivity index (χ3v) is 4.04. The summed E-state index contributed by atoms with van der Waals surface area (Å²) in [6, 6.07) is 6.26. The van der Waals surface area contributed by atoms with Gasteiger partial charge in [0, 0.05) is 19.2 Å². The van der Waals surface area contributed by atoms with E-state index in [0.717, 1.165) is 12.0 Å². The molecule has 1 amide bonds. The zero-order valence-corrected chi connectivity index (χ0v) is 12.1. The summed E-state index contributed by atoms with van der Waals surface area (Å²) in [6.07, 6.45) is -3.87. The molecule has 0 aromatic heterocycles. The summed E-state index contributed by atoms with van der Waals surface area (Å²) in [4.78, 5) is 13.8. The van der Waals surface area contributed by atoms with Gasteiger partial charge in [0.25, 0.3) is 11.5 Å². The van der Waals surface area contributed by atoms with Crippen LogP contribution < -0.4 is 0 Å². The lowest BCUT2D eigenvalue weighted by Crippen LogP contribution is -2.58. The number of benzene rings is 1. The van der Waals surface area contributed by atoms with Crippen LogP contribution in [0.25, 0.3) is 0 Å². The molecular formula is C15H18F3NO3. The predicted octanol–water partition coefficient (Wildman–Crippen LogP) is 2.07. The SMILES string of the molecule is CO[C@@](C(=O)N1CCC[C@H]1CO)(c1ccccc1)C(F)(F)F. The van der Waals surface area contributed by atoms with Crippen LogP contribution in [-0.2, 0) is 15.1 Å². The van der Waals surface area contributed by atoms with Crippen molar-refractivity contribution in [1.29, 1.82) is 0 Å². The predicted molar refractivity (Wildman–Crippen MR) is 73.0 cm³/mol. The number of aliphatic hydroxyl groups is 1. The summed E-state index contributed by atoms with van der Waals surface area (Å²) in [6.45, 7) is -0.184. The Kier molecular flexibility index (Phi) is 4.77. The number of rotatable bonds is 4. The third kappa shape index (κ3) is 2.59. The van der Waals surface area contributed by atoms with E-state index in [9.17, 15) is 23.1 Å². The van der Waals surface area contributed by atoms with Crippen LogP contribution in [0.1, 0.15) is 18.4 Å². The van der Waals surface area contributed by atoms with Crippen molar-refractivity contribution in [3.63, 3.8) is 0 Å². The van der Waals surface area contributed by atoms with Gasteiger partial charge < -0.3 is 14.7 Å². The molecule has 0 saturated carbocycles. The number of ether oxygens (including phenoxy) is 1. The molecular weight excluding hydrogens is 299 g/mol. The van der Waals surface area contributed by atoms with Crippen LogP contribution in [0.15, 0.2) is 30.3 Å². The van der Waals surface area contributed by atoms with Crippen LogP contribution in [0.4, 0.5) is 13.2 Å². The first-order chi connectivity index (χ1) is 10.4. The smallest absolute Gasteiger partial charge is 0.394 e. The van der Waals surface area contributed by atoms with Gasteiger partial charge >= 0.3 is 6.18 Å². The van der Waals surface area contributed by atoms with Gasteiger partial charge in [-0.15, -0.1) is 0 Å². The van der Waals surface area contributed by atoms with Gasteiger partial charge in [0.05, 0.1) is 12.6 Å². The molecule has 0 aliphatic carbocycles. The molecule has 1 aromatic rings. The number of carbonyl (C=O) groups excluding carboxylic acids is 1. The van der Waals surface area contributed by atoms with Crippen molar-refractivity contribution >= 4 is 5.91 Å². The van der Waals surface area contributed by atoms with Crippen LogP contribution in [-0.4, -0.2) is 48.4 Å². The standard InChI is InChI=1S/C15H18F3NO3/c1-22-14(15(16,17)18,11-6-3-2-4-7-11)13(21)19-9-5-8-12(19)10-20/h2-4,6-7,12,20H,5,8-10H2,1H3/t12-,14+/m0/s1. The van der Waals surface area contributed by atoms with Crippen molar-refractivity contribution in [3.05, 3.63) is 35.9 Å². The number of likely N-dealkylation sites (tertiary alicyclic amines) is 1. The van der Waals surface area contributed by atoms with Crippen LogP contribution in [0.5, 0.6) is 0 Å². The van der Waals surface area contributed by atoms with Crippen LogP contribution >= 0.6 is 0 Å². The second kappa shape index (κ2) is 6.26. The maximum atomic E-state index is 13.8. The Balaban J connectivity index is 2.52.